The van der Waals surface area contributed by atoms with E-state index in [2.05, 4.69) is 20.9 Å². The third kappa shape index (κ3) is 10.2. The number of primary amides is 1. The van der Waals surface area contributed by atoms with Gasteiger partial charge in [-0.1, -0.05) is 38.5 Å². The van der Waals surface area contributed by atoms with Crippen molar-refractivity contribution >= 4 is 40.5 Å². The molecule has 0 saturated carbocycles. The number of nitrogens with one attached hydrogen (secondary N) is 4. The summed E-state index contributed by atoms with van der Waals surface area (Å²) >= 11 is 0. The Morgan fingerprint density at radius 1 is 0.951 bits per heavy atom. The summed E-state index contributed by atoms with van der Waals surface area (Å²) in [6, 6.07) is 3.27. The molecule has 0 fully saturated rings. The van der Waals surface area contributed by atoms with Crippen LogP contribution in [-0.2, 0) is 30.4 Å². The highest BCUT2D eigenvalue weighted by Crippen LogP contribution is 2.19. The van der Waals surface area contributed by atoms with E-state index in [0.29, 0.717) is 25.8 Å². The first kappa shape index (κ1) is 33.2. The second kappa shape index (κ2) is 16.3. The van der Waals surface area contributed by atoms with E-state index in [1.165, 1.54) is 0 Å². The third-order valence-corrected chi connectivity index (χ3v) is 7.12. The largest absolute Gasteiger partial charge is 0.480 e. The molecular weight excluding hydrogens is 530 g/mol. The number of benzene rings is 1. The number of rotatable bonds is 18. The van der Waals surface area contributed by atoms with Crippen molar-refractivity contribution in [3.63, 3.8) is 0 Å². The van der Waals surface area contributed by atoms with Crippen molar-refractivity contribution in [1.29, 1.82) is 0 Å². The van der Waals surface area contributed by atoms with Gasteiger partial charge in [-0.3, -0.25) is 19.2 Å². The van der Waals surface area contributed by atoms with Gasteiger partial charge in [0.2, 0.25) is 23.6 Å². The molecule has 13 nitrogen and oxygen atoms in total. The summed E-state index contributed by atoms with van der Waals surface area (Å²) < 4.78 is 0. The highest BCUT2D eigenvalue weighted by atomic mass is 16.4. The van der Waals surface area contributed by atoms with Crippen LogP contribution in [0, 0.1) is 5.92 Å². The molecule has 1 heterocycles. The Balaban J connectivity index is 2.14. The molecule has 11 N–H and O–H groups in total. The Bertz CT molecular complexity index is 1200. The second-order valence-electron chi connectivity index (χ2n) is 10.3. The van der Waals surface area contributed by atoms with Crippen LogP contribution < -0.4 is 33.2 Å². The molecule has 5 atom stereocenters. The quantitative estimate of drug-likeness (QED) is 0.113. The molecule has 0 aliphatic heterocycles. The van der Waals surface area contributed by atoms with Crippen molar-refractivity contribution < 1.29 is 29.1 Å². The van der Waals surface area contributed by atoms with Gasteiger partial charge >= 0.3 is 5.97 Å². The van der Waals surface area contributed by atoms with Crippen molar-refractivity contribution in [2.24, 2.45) is 23.1 Å². The molecule has 2 rings (SSSR count). The summed E-state index contributed by atoms with van der Waals surface area (Å²) in [6.07, 6.45) is 3.43. The number of H-pyrrole nitrogens is 1. The lowest BCUT2D eigenvalue weighted by molar-refractivity contribution is -0.142. The van der Waals surface area contributed by atoms with Gasteiger partial charge in [-0.15, -0.1) is 0 Å². The minimum Gasteiger partial charge on any atom is -0.480 e. The summed E-state index contributed by atoms with van der Waals surface area (Å²) in [5, 5.41) is 18.2. The minimum absolute atomic E-state index is 0.193. The number of hydrogen-bond acceptors (Lipinski definition) is 7. The Labute approximate surface area is 239 Å². The van der Waals surface area contributed by atoms with Gasteiger partial charge in [0.1, 0.15) is 18.1 Å². The van der Waals surface area contributed by atoms with Gasteiger partial charge in [-0.05, 0) is 56.2 Å². The van der Waals surface area contributed by atoms with Crippen LogP contribution in [0.15, 0.2) is 30.5 Å². The standard InChI is InChI=1S/C28H43N7O6/c1-3-16(2)24(35-25(37)19(30)14-17-15-32-20-9-5-4-8-18(17)20)27(39)33-21(10-6-7-13-29)26(38)34-22(28(40)41)11-12-23(31)36/h4-5,8-9,15-16,19,21-22,24,32H,3,6-7,10-14,29-30H2,1-2H3,(H2,31,36)(H,33,39)(H,34,38)(H,35,37)(H,40,41). The highest BCUT2D eigenvalue weighted by molar-refractivity contribution is 5.94. The van der Waals surface area contributed by atoms with E-state index >= 15 is 0 Å². The SMILES string of the molecule is CCC(C)C(NC(=O)C(N)Cc1c[nH]c2ccccc12)C(=O)NC(CCCCN)C(=O)NC(CCC(N)=O)C(=O)O. The fourth-order valence-electron chi connectivity index (χ4n) is 4.43. The molecule has 0 aliphatic rings. The Kier molecular flexibility index (Phi) is 13.2. The smallest absolute Gasteiger partial charge is 0.326 e. The first-order chi connectivity index (χ1) is 19.5. The topological polar surface area (TPSA) is 236 Å². The molecule has 5 unspecified atom stereocenters. The van der Waals surface area contributed by atoms with Gasteiger partial charge < -0.3 is 43.2 Å². The summed E-state index contributed by atoms with van der Waals surface area (Å²) in [7, 11) is 0. The molecule has 226 valence electrons. The number of para-hydroxylation sites is 1. The number of hydrogen-bond donors (Lipinski definition) is 8. The maximum atomic E-state index is 13.4. The third-order valence-electron chi connectivity index (χ3n) is 7.12. The van der Waals surface area contributed by atoms with Crippen LogP contribution in [0.4, 0.5) is 0 Å². The number of aliphatic carboxylic acids is 1. The van der Waals surface area contributed by atoms with Crippen LogP contribution in [0.25, 0.3) is 10.9 Å². The average Bonchev–Trinajstić information content (AvgIpc) is 3.34. The molecule has 0 saturated heterocycles. The summed E-state index contributed by atoms with van der Waals surface area (Å²) in [6.45, 7) is 4.03. The highest BCUT2D eigenvalue weighted by Gasteiger charge is 2.32. The summed E-state index contributed by atoms with van der Waals surface area (Å²) in [5.41, 5.74) is 18.7. The van der Waals surface area contributed by atoms with Gasteiger partial charge in [0.25, 0.3) is 0 Å². The molecule has 13 heteroatoms. The number of aromatic amines is 1. The number of carbonyl (C=O) groups is 5. The fraction of sp³-hybridized carbons (Fsp3) is 0.536. The van der Waals surface area contributed by atoms with Crippen LogP contribution in [0.1, 0.15) is 57.9 Å². The number of unbranched alkanes of at least 4 members (excludes halogenated alkanes) is 1. The molecule has 1 aromatic carbocycles. The predicted octanol–water partition coefficient (Wildman–Crippen LogP) is 0.0173. The molecule has 0 aliphatic carbocycles. The number of carboxylic acids is 1. The lowest BCUT2D eigenvalue weighted by Crippen LogP contribution is -2.58. The van der Waals surface area contributed by atoms with Crippen LogP contribution in [0.2, 0.25) is 0 Å². The van der Waals surface area contributed by atoms with E-state index in [4.69, 9.17) is 17.2 Å². The first-order valence-electron chi connectivity index (χ1n) is 13.9. The van der Waals surface area contributed by atoms with Gasteiger partial charge in [0, 0.05) is 23.5 Å². The molecule has 0 spiro atoms. The normalized spacial score (nSPS) is 14.8. The minimum atomic E-state index is -1.36. The van der Waals surface area contributed by atoms with Gasteiger partial charge in [0.15, 0.2) is 0 Å². The van der Waals surface area contributed by atoms with Crippen LogP contribution in [0.5, 0.6) is 0 Å². The van der Waals surface area contributed by atoms with E-state index < -0.39 is 53.8 Å². The molecule has 0 radical (unpaired) electrons. The molecule has 41 heavy (non-hydrogen) atoms. The number of nitrogens with two attached hydrogens (primary N) is 3. The van der Waals surface area contributed by atoms with Crippen molar-refractivity contribution in [3.05, 3.63) is 36.0 Å². The van der Waals surface area contributed by atoms with Gasteiger partial charge in [0.05, 0.1) is 6.04 Å². The van der Waals surface area contributed by atoms with E-state index in [-0.39, 0.29) is 31.6 Å². The zero-order chi connectivity index (χ0) is 30.5. The number of carboxylic acid groups (broad SMARTS) is 1. The molecule has 0 bridgehead atoms. The first-order valence-corrected chi connectivity index (χ1v) is 13.9. The van der Waals surface area contributed by atoms with E-state index in [9.17, 15) is 29.1 Å². The summed E-state index contributed by atoms with van der Waals surface area (Å²) in [4.78, 5) is 65.5. The average molecular weight is 574 g/mol. The van der Waals surface area contributed by atoms with E-state index in [1.807, 2.05) is 31.2 Å². The lowest BCUT2D eigenvalue weighted by Gasteiger charge is -2.28. The Morgan fingerprint density at radius 3 is 2.27 bits per heavy atom. The fourth-order valence-corrected chi connectivity index (χ4v) is 4.43. The second-order valence-corrected chi connectivity index (χ2v) is 10.3. The number of carbonyl (C=O) groups excluding carboxylic acids is 4. The van der Waals surface area contributed by atoms with Crippen LogP contribution in [0.3, 0.4) is 0 Å². The van der Waals surface area contributed by atoms with Crippen molar-refractivity contribution in [2.75, 3.05) is 6.54 Å². The van der Waals surface area contributed by atoms with Crippen molar-refractivity contribution in [3.8, 4) is 0 Å². The number of amides is 4. The van der Waals surface area contributed by atoms with Crippen molar-refractivity contribution in [1.82, 2.24) is 20.9 Å². The molecular formula is C28H43N7O6. The zero-order valence-corrected chi connectivity index (χ0v) is 23.7. The number of fused-ring (bicyclic) bond motifs is 1. The van der Waals surface area contributed by atoms with Gasteiger partial charge in [-0.2, -0.15) is 0 Å². The lowest BCUT2D eigenvalue weighted by atomic mass is 9.96. The van der Waals surface area contributed by atoms with E-state index in [0.717, 1.165) is 16.5 Å². The zero-order valence-electron chi connectivity index (χ0n) is 23.7. The maximum Gasteiger partial charge on any atom is 0.326 e. The monoisotopic (exact) mass is 573 g/mol. The van der Waals surface area contributed by atoms with Gasteiger partial charge in [-0.25, -0.2) is 4.79 Å². The Morgan fingerprint density at radius 2 is 1.63 bits per heavy atom. The van der Waals surface area contributed by atoms with Crippen LogP contribution in [-0.4, -0.2) is 70.4 Å². The predicted molar refractivity (Wildman–Crippen MR) is 154 cm³/mol. The van der Waals surface area contributed by atoms with Crippen molar-refractivity contribution in [2.45, 2.75) is 83.0 Å². The van der Waals surface area contributed by atoms with Crippen LogP contribution >= 0.6 is 0 Å². The summed E-state index contributed by atoms with van der Waals surface area (Å²) in [5.74, 6) is -4.16. The number of aromatic nitrogens is 1. The molecule has 4 amide bonds. The van der Waals surface area contributed by atoms with E-state index in [1.54, 1.807) is 13.1 Å². The maximum absolute atomic E-state index is 13.4. The molecule has 1 aromatic heterocycles. The molecule has 2 aromatic rings. The Hall–Kier alpha value is -3.97.